The molecule has 0 saturated heterocycles. The van der Waals surface area contributed by atoms with Gasteiger partial charge in [-0.1, -0.05) is 42.5 Å². The van der Waals surface area contributed by atoms with Crippen LogP contribution < -0.4 is 14.8 Å². The number of carbonyl (C=O) groups excluding carboxylic acids is 1. The van der Waals surface area contributed by atoms with Gasteiger partial charge in [-0.3, -0.25) is 4.79 Å². The Morgan fingerprint density at radius 1 is 0.966 bits per heavy atom. The van der Waals surface area contributed by atoms with E-state index >= 15 is 0 Å². The van der Waals surface area contributed by atoms with Gasteiger partial charge in [0.2, 0.25) is 0 Å². The second-order valence-corrected chi connectivity index (χ2v) is 6.20. The molecule has 5 nitrogen and oxygen atoms in total. The average molecular weight is 384 g/mol. The quantitative estimate of drug-likeness (QED) is 0.468. The maximum absolute atomic E-state index is 12.4. The Kier molecular flexibility index (Phi) is 6.64. The number of nitrogens with one attached hydrogen (secondary N) is 1. The summed E-state index contributed by atoms with van der Waals surface area (Å²) in [6.45, 7) is 0.476. The Morgan fingerprint density at radius 3 is 2.24 bits per heavy atom. The molecule has 0 bridgehead atoms. The van der Waals surface area contributed by atoms with Gasteiger partial charge in [0, 0.05) is 5.69 Å². The monoisotopic (exact) mass is 384 g/mol. The Balaban J connectivity index is 1.63. The number of rotatable bonds is 7. The predicted molar refractivity (Wildman–Crippen MR) is 112 cm³/mol. The summed E-state index contributed by atoms with van der Waals surface area (Å²) < 4.78 is 10.8. The highest BCUT2D eigenvalue weighted by atomic mass is 16.5. The number of amides is 1. The van der Waals surface area contributed by atoms with Gasteiger partial charge in [0.25, 0.3) is 5.91 Å². The van der Waals surface area contributed by atoms with Gasteiger partial charge in [-0.05, 0) is 53.6 Å². The van der Waals surface area contributed by atoms with Crippen LogP contribution in [-0.4, -0.2) is 13.0 Å². The number of hydrogen-bond donors (Lipinski definition) is 1. The predicted octanol–water partition coefficient (Wildman–Crippen LogP) is 4.82. The van der Waals surface area contributed by atoms with Crippen molar-refractivity contribution in [1.82, 2.24) is 0 Å². The van der Waals surface area contributed by atoms with E-state index in [4.69, 9.17) is 9.47 Å². The molecule has 0 aliphatic carbocycles. The van der Waals surface area contributed by atoms with Crippen LogP contribution in [0.1, 0.15) is 11.1 Å². The third-order valence-electron chi connectivity index (χ3n) is 4.15. The molecular weight excluding hydrogens is 364 g/mol. The van der Waals surface area contributed by atoms with Crippen LogP contribution in [0.5, 0.6) is 11.5 Å². The first kappa shape index (κ1) is 19.7. The van der Waals surface area contributed by atoms with E-state index in [9.17, 15) is 10.1 Å². The fourth-order valence-electron chi connectivity index (χ4n) is 2.59. The summed E-state index contributed by atoms with van der Waals surface area (Å²) in [4.78, 5) is 12.4. The standard InChI is InChI=1S/C24H20N2O3/c1-28-22-13-9-21(10-14-22)26-24(27)20(16-25)15-18-7-11-23(12-8-18)29-17-19-5-3-2-4-6-19/h2-15H,17H2,1H3,(H,26,27)/b20-15-. The second-order valence-electron chi connectivity index (χ2n) is 6.20. The van der Waals surface area contributed by atoms with Crippen molar-refractivity contribution in [3.8, 4) is 17.6 Å². The van der Waals surface area contributed by atoms with E-state index in [-0.39, 0.29) is 5.57 Å². The number of nitriles is 1. The molecule has 0 aliphatic heterocycles. The van der Waals surface area contributed by atoms with Crippen molar-refractivity contribution in [2.75, 3.05) is 12.4 Å². The molecule has 29 heavy (non-hydrogen) atoms. The van der Waals surface area contributed by atoms with E-state index in [2.05, 4.69) is 5.32 Å². The zero-order chi connectivity index (χ0) is 20.5. The highest BCUT2D eigenvalue weighted by Gasteiger charge is 2.09. The Bertz CT molecular complexity index is 1020. The Morgan fingerprint density at radius 2 is 1.62 bits per heavy atom. The van der Waals surface area contributed by atoms with Crippen molar-refractivity contribution in [3.05, 3.63) is 95.6 Å². The smallest absolute Gasteiger partial charge is 0.266 e. The number of methoxy groups -OCH3 is 1. The van der Waals surface area contributed by atoms with Crippen molar-refractivity contribution in [2.24, 2.45) is 0 Å². The first-order chi connectivity index (χ1) is 14.2. The number of benzene rings is 3. The van der Waals surface area contributed by atoms with Gasteiger partial charge in [-0.2, -0.15) is 5.26 Å². The van der Waals surface area contributed by atoms with Gasteiger partial charge in [-0.15, -0.1) is 0 Å². The van der Waals surface area contributed by atoms with Crippen LogP contribution in [0, 0.1) is 11.3 Å². The molecule has 0 unspecified atom stereocenters. The summed E-state index contributed by atoms with van der Waals surface area (Å²) in [6.07, 6.45) is 1.54. The molecule has 0 aliphatic rings. The molecule has 0 heterocycles. The highest BCUT2D eigenvalue weighted by Crippen LogP contribution is 2.18. The molecule has 3 aromatic carbocycles. The van der Waals surface area contributed by atoms with E-state index in [1.807, 2.05) is 48.5 Å². The van der Waals surface area contributed by atoms with Crippen molar-refractivity contribution >= 4 is 17.7 Å². The van der Waals surface area contributed by atoms with Crippen LogP contribution in [0.2, 0.25) is 0 Å². The van der Waals surface area contributed by atoms with Crippen LogP contribution in [0.15, 0.2) is 84.4 Å². The number of hydrogen-bond acceptors (Lipinski definition) is 4. The summed E-state index contributed by atoms with van der Waals surface area (Å²) in [7, 11) is 1.57. The van der Waals surface area contributed by atoms with E-state index in [1.165, 1.54) is 0 Å². The van der Waals surface area contributed by atoms with Crippen LogP contribution in [0.4, 0.5) is 5.69 Å². The fraction of sp³-hybridized carbons (Fsp3) is 0.0833. The van der Waals surface area contributed by atoms with Gasteiger partial charge >= 0.3 is 0 Å². The van der Waals surface area contributed by atoms with Crippen LogP contribution >= 0.6 is 0 Å². The first-order valence-electron chi connectivity index (χ1n) is 9.02. The minimum atomic E-state index is -0.470. The van der Waals surface area contributed by atoms with E-state index in [1.54, 1.807) is 49.6 Å². The van der Waals surface area contributed by atoms with E-state index in [0.717, 1.165) is 11.1 Å². The molecule has 0 radical (unpaired) electrons. The lowest BCUT2D eigenvalue weighted by Crippen LogP contribution is -2.13. The van der Waals surface area contributed by atoms with Gasteiger partial charge in [0.1, 0.15) is 29.7 Å². The number of carbonyl (C=O) groups is 1. The third kappa shape index (κ3) is 5.72. The van der Waals surface area contributed by atoms with E-state index < -0.39 is 5.91 Å². The molecule has 144 valence electrons. The number of nitrogens with zero attached hydrogens (tertiary/aromatic N) is 1. The largest absolute Gasteiger partial charge is 0.497 e. The van der Waals surface area contributed by atoms with E-state index in [0.29, 0.717) is 23.8 Å². The summed E-state index contributed by atoms with van der Waals surface area (Å²) >= 11 is 0. The summed E-state index contributed by atoms with van der Waals surface area (Å²) in [5.41, 5.74) is 2.41. The van der Waals surface area contributed by atoms with Crippen LogP contribution in [0.25, 0.3) is 6.08 Å². The second kappa shape index (κ2) is 9.77. The normalized spacial score (nSPS) is 10.7. The van der Waals surface area contributed by atoms with Gasteiger partial charge in [-0.25, -0.2) is 0 Å². The molecule has 0 fully saturated rings. The highest BCUT2D eigenvalue weighted by molar-refractivity contribution is 6.09. The summed E-state index contributed by atoms with van der Waals surface area (Å²) in [5.74, 6) is 0.933. The van der Waals surface area contributed by atoms with Crippen LogP contribution in [0.3, 0.4) is 0 Å². The summed E-state index contributed by atoms with van der Waals surface area (Å²) in [6, 6.07) is 26.0. The lowest BCUT2D eigenvalue weighted by molar-refractivity contribution is -0.112. The average Bonchev–Trinajstić information content (AvgIpc) is 2.78. The molecule has 5 heteroatoms. The number of ether oxygens (including phenoxy) is 2. The van der Waals surface area contributed by atoms with Gasteiger partial charge < -0.3 is 14.8 Å². The zero-order valence-electron chi connectivity index (χ0n) is 16.0. The SMILES string of the molecule is COc1ccc(NC(=O)/C(C#N)=C\c2ccc(OCc3ccccc3)cc2)cc1. The lowest BCUT2D eigenvalue weighted by atomic mass is 10.1. The first-order valence-corrected chi connectivity index (χ1v) is 9.02. The topological polar surface area (TPSA) is 71.3 Å². The zero-order valence-corrected chi connectivity index (χ0v) is 16.0. The molecule has 3 aromatic rings. The van der Waals surface area contributed by atoms with Crippen molar-refractivity contribution < 1.29 is 14.3 Å². The molecule has 0 saturated carbocycles. The minimum Gasteiger partial charge on any atom is -0.497 e. The maximum Gasteiger partial charge on any atom is 0.266 e. The fourth-order valence-corrected chi connectivity index (χ4v) is 2.59. The van der Waals surface area contributed by atoms with Crippen molar-refractivity contribution in [3.63, 3.8) is 0 Å². The van der Waals surface area contributed by atoms with Crippen molar-refractivity contribution in [1.29, 1.82) is 5.26 Å². The molecule has 0 atom stereocenters. The Hall–Kier alpha value is -4.04. The van der Waals surface area contributed by atoms with Gasteiger partial charge in [0.15, 0.2) is 0 Å². The van der Waals surface area contributed by atoms with Gasteiger partial charge in [0.05, 0.1) is 7.11 Å². The molecular formula is C24H20N2O3. The molecule has 3 rings (SSSR count). The molecule has 1 amide bonds. The minimum absolute atomic E-state index is 0.0128. The molecule has 0 aromatic heterocycles. The van der Waals surface area contributed by atoms with Crippen molar-refractivity contribution in [2.45, 2.75) is 6.61 Å². The Labute approximate surface area is 169 Å². The third-order valence-corrected chi connectivity index (χ3v) is 4.15. The molecule has 1 N–H and O–H groups in total. The lowest BCUT2D eigenvalue weighted by Gasteiger charge is -2.07. The number of anilines is 1. The summed E-state index contributed by atoms with van der Waals surface area (Å²) in [5, 5.41) is 12.1. The molecule has 0 spiro atoms. The van der Waals surface area contributed by atoms with Crippen LogP contribution in [-0.2, 0) is 11.4 Å². The maximum atomic E-state index is 12.4.